The van der Waals surface area contributed by atoms with Crippen LogP contribution in [0.1, 0.15) is 67.1 Å². The van der Waals surface area contributed by atoms with Gasteiger partial charge < -0.3 is 14.9 Å². The highest BCUT2D eigenvalue weighted by molar-refractivity contribution is 9.09. The molecule has 5 heterocycles. The van der Waals surface area contributed by atoms with Gasteiger partial charge in [0.25, 0.3) is 0 Å². The zero-order valence-electron chi connectivity index (χ0n) is 34.8. The van der Waals surface area contributed by atoms with E-state index >= 15 is 0 Å². The Balaban J connectivity index is 0.000000263. The fourth-order valence-electron chi connectivity index (χ4n) is 6.64. The van der Waals surface area contributed by atoms with Crippen molar-refractivity contribution >= 4 is 27.9 Å². The van der Waals surface area contributed by atoms with Gasteiger partial charge in [0.15, 0.2) is 0 Å². The molecule has 2 saturated heterocycles. The number of nitrogens with one attached hydrogen (secondary N) is 1. The van der Waals surface area contributed by atoms with Crippen LogP contribution in [0.3, 0.4) is 0 Å². The number of carboxylic acid groups (broad SMARTS) is 2. The van der Waals surface area contributed by atoms with E-state index in [4.69, 9.17) is 24.5 Å². The predicted octanol–water partition coefficient (Wildman–Crippen LogP) is 0.129. The Hall–Kier alpha value is -5.61. The van der Waals surface area contributed by atoms with Gasteiger partial charge in [-0.1, -0.05) is 40.2 Å². The van der Waals surface area contributed by atoms with Crippen LogP contribution < -0.4 is 34.1 Å². The van der Waals surface area contributed by atoms with Crippen LogP contribution in [0.2, 0.25) is 0 Å². The van der Waals surface area contributed by atoms with Crippen molar-refractivity contribution in [2.24, 2.45) is 21.1 Å². The molecule has 3 N–H and O–H groups in total. The molecule has 0 aliphatic carbocycles. The van der Waals surface area contributed by atoms with E-state index in [1.54, 1.807) is 41.9 Å². The zero-order valence-corrected chi connectivity index (χ0v) is 36.4. The average molecular weight is 906 g/mol. The quantitative estimate of drug-likeness (QED) is 0.141. The number of nitrogens with zero attached hydrogens (tertiary/aromatic N) is 9. The van der Waals surface area contributed by atoms with Gasteiger partial charge in [0.05, 0.1) is 12.7 Å². The molecule has 0 saturated carbocycles. The van der Waals surface area contributed by atoms with Crippen LogP contribution in [-0.2, 0) is 55.2 Å². The number of hydrogen-bond acceptors (Lipinski definition) is 13. The number of rotatable bonds is 10. The molecule has 0 amide bonds. The molecular weight excluding hydrogens is 852 g/mol. The second kappa shape index (κ2) is 22.7. The Bertz CT molecular complexity index is 2460. The summed E-state index contributed by atoms with van der Waals surface area (Å²) in [4.78, 5) is 103. The molecule has 1 aromatic carbocycles. The molecular formula is C38H53BrN10O11. The van der Waals surface area contributed by atoms with Gasteiger partial charge in [-0.05, 0) is 77.3 Å². The third-order valence-corrected chi connectivity index (χ3v) is 10.9. The number of piperidine rings is 1. The van der Waals surface area contributed by atoms with E-state index in [-0.39, 0.29) is 11.4 Å². The predicted molar refractivity (Wildman–Crippen MR) is 223 cm³/mol. The maximum Gasteiger partial charge on any atom is 0.414 e. The third-order valence-electron chi connectivity index (χ3n) is 10.3. The number of hydrogen-bond donors (Lipinski definition) is 3. The fraction of sp³-hybridized carbons (Fsp3) is 0.553. The van der Waals surface area contributed by atoms with Crippen molar-refractivity contribution in [3.05, 3.63) is 116 Å². The highest BCUT2D eigenvalue weighted by atomic mass is 79.9. The minimum Gasteiger partial charge on any atom is -0.473 e. The molecule has 3 aromatic heterocycles. The van der Waals surface area contributed by atoms with E-state index in [2.05, 4.69) is 67.0 Å². The Labute approximate surface area is 352 Å². The summed E-state index contributed by atoms with van der Waals surface area (Å²) < 4.78 is 12.8. The summed E-state index contributed by atoms with van der Waals surface area (Å²) >= 11 is 3.24. The number of carboxylic acids is 2. The van der Waals surface area contributed by atoms with Crippen molar-refractivity contribution in [2.75, 3.05) is 11.9 Å². The van der Waals surface area contributed by atoms with Crippen molar-refractivity contribution in [1.29, 1.82) is 0 Å². The molecule has 328 valence electrons. The van der Waals surface area contributed by atoms with Crippen LogP contribution in [0.5, 0.6) is 0 Å². The van der Waals surface area contributed by atoms with Gasteiger partial charge in [0, 0.05) is 58.2 Å². The largest absolute Gasteiger partial charge is 0.473 e. The van der Waals surface area contributed by atoms with E-state index in [9.17, 15) is 28.8 Å². The lowest BCUT2D eigenvalue weighted by Gasteiger charge is -2.39. The van der Waals surface area contributed by atoms with Crippen molar-refractivity contribution in [1.82, 2.24) is 47.7 Å². The summed E-state index contributed by atoms with van der Waals surface area (Å²) in [6.45, 7) is 9.45. The first kappa shape index (κ1) is 48.8. The summed E-state index contributed by atoms with van der Waals surface area (Å²) in [6.07, 6.45) is 6.38. The van der Waals surface area contributed by atoms with Crippen molar-refractivity contribution in [2.45, 2.75) is 104 Å². The Morgan fingerprint density at radius 3 is 1.68 bits per heavy atom. The second-order valence-corrected chi connectivity index (χ2v) is 15.1. The molecule has 4 aromatic rings. The number of aromatic nitrogens is 9. The van der Waals surface area contributed by atoms with Gasteiger partial charge in [0.2, 0.25) is 0 Å². The standard InChI is InChI=1S/C23H32N4O3.C8H12BrN3O2.C5H7N3O2.C2H2O4/c1-16-7-4-5-8-18(16)15-30-21-13-19-9-10-20(14-21)26(19)11-6-12-27-22(28)24-17(2)25(3)23(27)29;1-6-10-7(13)12(5-3-4-9)8(14)11(6)2;1-3-6-4(9)7-5(10)8(3)2;3-1(4)2(5)6/h4-5,7-8,19-21H,6,9-15H2,1-3H3;3-5H2,1-2H3;1-2H3,(H,7,9,10);(H,3,4)(H,5,6). The lowest BCUT2D eigenvalue weighted by Crippen LogP contribution is -2.46. The molecule has 0 spiro atoms. The number of aromatic amines is 1. The van der Waals surface area contributed by atoms with Gasteiger partial charge in [-0.3, -0.25) is 23.6 Å². The molecule has 0 radical (unpaired) electrons. The van der Waals surface area contributed by atoms with E-state index in [1.807, 2.05) is 4.98 Å². The molecule has 2 bridgehead atoms. The Morgan fingerprint density at radius 1 is 0.733 bits per heavy atom. The number of aliphatic carboxylic acids is 2. The van der Waals surface area contributed by atoms with Crippen molar-refractivity contribution < 1.29 is 24.5 Å². The maximum absolute atomic E-state index is 12.3. The van der Waals surface area contributed by atoms with Crippen LogP contribution in [-0.4, -0.2) is 99.9 Å². The van der Waals surface area contributed by atoms with Crippen molar-refractivity contribution in [3.8, 4) is 0 Å². The smallest absolute Gasteiger partial charge is 0.414 e. The number of carbonyl (C=O) groups is 2. The van der Waals surface area contributed by atoms with Crippen LogP contribution in [0, 0.1) is 27.7 Å². The van der Waals surface area contributed by atoms with Crippen LogP contribution in [0.25, 0.3) is 0 Å². The zero-order chi connectivity index (χ0) is 44.8. The van der Waals surface area contributed by atoms with E-state index in [1.165, 1.54) is 42.2 Å². The molecule has 2 aliphatic heterocycles. The molecule has 2 atom stereocenters. The number of alkyl halides is 1. The summed E-state index contributed by atoms with van der Waals surface area (Å²) in [5.41, 5.74) is 0.0321. The van der Waals surface area contributed by atoms with Crippen LogP contribution >= 0.6 is 15.9 Å². The maximum atomic E-state index is 12.3. The molecule has 21 nitrogen and oxygen atoms in total. The fourth-order valence-corrected chi connectivity index (χ4v) is 6.89. The summed E-state index contributed by atoms with van der Waals surface area (Å²) in [5, 5.41) is 15.5. The number of ether oxygens (including phenoxy) is 1. The SMILES string of the molecule is Cc1ccccc1COC1CC2CCC(C1)N2CCCn1c(=O)nc(C)n(C)c1=O.Cc1nc(=O)[nH]c(=O)n1C.Cc1nc(=O)n(CCCBr)c(=O)n1C.O=C(O)C(=O)O. The van der Waals surface area contributed by atoms with Crippen LogP contribution in [0.4, 0.5) is 0 Å². The molecule has 6 rings (SSSR count). The highest BCUT2D eigenvalue weighted by Crippen LogP contribution is 2.37. The topological polar surface area (TPSA) is 269 Å². The van der Waals surface area contributed by atoms with E-state index in [0.717, 1.165) is 42.1 Å². The minimum absolute atomic E-state index is 0.279. The second-order valence-electron chi connectivity index (χ2n) is 14.3. The van der Waals surface area contributed by atoms with Crippen molar-refractivity contribution in [3.63, 3.8) is 0 Å². The number of H-pyrrole nitrogens is 1. The molecule has 2 aliphatic rings. The van der Waals surface area contributed by atoms with Gasteiger partial charge in [-0.15, -0.1) is 0 Å². The molecule has 22 heteroatoms. The first-order valence-corrected chi connectivity index (χ1v) is 20.3. The third kappa shape index (κ3) is 13.5. The first-order valence-electron chi connectivity index (χ1n) is 19.1. The summed E-state index contributed by atoms with van der Waals surface area (Å²) in [6, 6.07) is 9.50. The number of aryl methyl sites for hydroxylation is 4. The van der Waals surface area contributed by atoms with Gasteiger partial charge in [-0.25, -0.2) is 47.5 Å². The van der Waals surface area contributed by atoms with Crippen LogP contribution in [0.15, 0.2) is 53.0 Å². The lowest BCUT2D eigenvalue weighted by atomic mass is 9.99. The van der Waals surface area contributed by atoms with Gasteiger partial charge in [-0.2, -0.15) is 15.0 Å². The summed E-state index contributed by atoms with van der Waals surface area (Å²) in [7, 11) is 4.80. The first-order chi connectivity index (χ1) is 28.3. The lowest BCUT2D eigenvalue weighted by molar-refractivity contribution is -0.159. The normalized spacial score (nSPS) is 16.7. The minimum atomic E-state index is -1.82. The van der Waals surface area contributed by atoms with Gasteiger partial charge >= 0.3 is 46.1 Å². The number of benzene rings is 1. The highest BCUT2D eigenvalue weighted by Gasteiger charge is 2.40. The number of halogens is 1. The Kier molecular flexibility index (Phi) is 18.4. The molecule has 2 fully saturated rings. The van der Waals surface area contributed by atoms with E-state index < -0.39 is 34.7 Å². The van der Waals surface area contributed by atoms with Gasteiger partial charge in [0.1, 0.15) is 17.5 Å². The molecule has 2 unspecified atom stereocenters. The van der Waals surface area contributed by atoms with E-state index in [0.29, 0.717) is 55.4 Å². The Morgan fingerprint density at radius 2 is 1.22 bits per heavy atom. The average Bonchev–Trinajstić information content (AvgIpc) is 3.42. The molecule has 60 heavy (non-hydrogen) atoms. The summed E-state index contributed by atoms with van der Waals surface area (Å²) in [5.74, 6) is -2.35. The monoisotopic (exact) mass is 904 g/mol. The number of fused-ring (bicyclic) bond motifs is 2.